The summed E-state index contributed by atoms with van der Waals surface area (Å²) in [6.45, 7) is 10.2. The number of aryl methyl sites for hydroxylation is 1. The molecule has 0 fully saturated rings. The smallest absolute Gasteiger partial charge is 0.337 e. The number of hydrogen-bond donors (Lipinski definition) is 1. The van der Waals surface area contributed by atoms with Crippen molar-refractivity contribution in [2.24, 2.45) is 0 Å². The fourth-order valence-electron chi connectivity index (χ4n) is 1.64. The summed E-state index contributed by atoms with van der Waals surface area (Å²) < 4.78 is 0. The van der Waals surface area contributed by atoms with Gasteiger partial charge in [-0.05, 0) is 32.9 Å². The van der Waals surface area contributed by atoms with Crippen molar-refractivity contribution in [1.82, 2.24) is 4.98 Å². The predicted molar refractivity (Wildman–Crippen MR) is 68.6 cm³/mol. The predicted octanol–water partition coefficient (Wildman–Crippen LogP) is 2.49. The van der Waals surface area contributed by atoms with Crippen LogP contribution in [0, 0.1) is 6.92 Å². The van der Waals surface area contributed by atoms with Crippen LogP contribution in [-0.2, 0) is 0 Å². The number of aromatic carboxylic acids is 1. The van der Waals surface area contributed by atoms with E-state index >= 15 is 0 Å². The average molecular weight is 234 g/mol. The molecular formula is C13H18N2O2. The SMILES string of the molecule is C=CCN(c1ccc(C(=O)O)c(C)n1)C(C)C. The van der Waals surface area contributed by atoms with Crippen LogP contribution in [0.4, 0.5) is 5.82 Å². The summed E-state index contributed by atoms with van der Waals surface area (Å²) in [5.74, 6) is -0.163. The van der Waals surface area contributed by atoms with Gasteiger partial charge in [-0.25, -0.2) is 9.78 Å². The maximum Gasteiger partial charge on any atom is 0.337 e. The molecule has 4 nitrogen and oxygen atoms in total. The standard InChI is InChI=1S/C13H18N2O2/c1-5-8-15(9(2)3)12-7-6-11(13(16)17)10(4)14-12/h5-7,9H,1,8H2,2-4H3,(H,16,17). The highest BCUT2D eigenvalue weighted by molar-refractivity contribution is 5.89. The molecule has 0 radical (unpaired) electrons. The number of carboxylic acid groups (broad SMARTS) is 1. The minimum atomic E-state index is -0.943. The first-order chi connectivity index (χ1) is 7.97. The van der Waals surface area contributed by atoms with E-state index in [1.54, 1.807) is 19.1 Å². The maximum absolute atomic E-state index is 10.9. The molecule has 1 N–H and O–H groups in total. The summed E-state index contributed by atoms with van der Waals surface area (Å²) in [7, 11) is 0. The van der Waals surface area contributed by atoms with E-state index < -0.39 is 5.97 Å². The van der Waals surface area contributed by atoms with Crippen LogP contribution in [0.25, 0.3) is 0 Å². The molecule has 0 saturated carbocycles. The number of nitrogens with zero attached hydrogens (tertiary/aromatic N) is 2. The van der Waals surface area contributed by atoms with Gasteiger partial charge in [-0.3, -0.25) is 0 Å². The lowest BCUT2D eigenvalue weighted by Crippen LogP contribution is -2.31. The van der Waals surface area contributed by atoms with Gasteiger partial charge in [-0.2, -0.15) is 0 Å². The minimum Gasteiger partial charge on any atom is -0.478 e. The van der Waals surface area contributed by atoms with Gasteiger partial charge in [0.1, 0.15) is 5.82 Å². The van der Waals surface area contributed by atoms with E-state index in [9.17, 15) is 4.79 Å². The number of carboxylic acids is 1. The second kappa shape index (κ2) is 5.48. The summed E-state index contributed by atoms with van der Waals surface area (Å²) in [6, 6.07) is 3.62. The van der Waals surface area contributed by atoms with Gasteiger partial charge in [-0.1, -0.05) is 6.08 Å². The molecule has 1 aromatic heterocycles. The highest BCUT2D eigenvalue weighted by atomic mass is 16.4. The van der Waals surface area contributed by atoms with Crippen LogP contribution >= 0.6 is 0 Å². The first kappa shape index (κ1) is 13.2. The zero-order valence-corrected chi connectivity index (χ0v) is 10.5. The lowest BCUT2D eigenvalue weighted by atomic mass is 10.2. The van der Waals surface area contributed by atoms with Crippen LogP contribution in [0.15, 0.2) is 24.8 Å². The summed E-state index contributed by atoms with van der Waals surface area (Å²) in [6.07, 6.45) is 1.81. The Morgan fingerprint density at radius 1 is 1.59 bits per heavy atom. The van der Waals surface area contributed by atoms with E-state index in [1.807, 2.05) is 6.08 Å². The summed E-state index contributed by atoms with van der Waals surface area (Å²) in [4.78, 5) is 17.3. The summed E-state index contributed by atoms with van der Waals surface area (Å²) >= 11 is 0. The van der Waals surface area contributed by atoms with Gasteiger partial charge in [0.05, 0.1) is 11.3 Å². The van der Waals surface area contributed by atoms with E-state index in [-0.39, 0.29) is 11.6 Å². The lowest BCUT2D eigenvalue weighted by molar-refractivity contribution is 0.0695. The molecule has 0 saturated heterocycles. The number of carbonyl (C=O) groups is 1. The molecule has 17 heavy (non-hydrogen) atoms. The van der Waals surface area contributed by atoms with Gasteiger partial charge in [0.25, 0.3) is 0 Å². The Bertz CT molecular complexity index is 427. The Morgan fingerprint density at radius 3 is 2.65 bits per heavy atom. The first-order valence-electron chi connectivity index (χ1n) is 5.55. The minimum absolute atomic E-state index is 0.246. The van der Waals surface area contributed by atoms with Crippen LogP contribution < -0.4 is 4.90 Å². The molecule has 0 atom stereocenters. The topological polar surface area (TPSA) is 53.4 Å². The van der Waals surface area contributed by atoms with E-state index in [0.29, 0.717) is 12.2 Å². The highest BCUT2D eigenvalue weighted by Gasteiger charge is 2.14. The Hall–Kier alpha value is -1.84. The van der Waals surface area contributed by atoms with Gasteiger partial charge in [-0.15, -0.1) is 6.58 Å². The van der Waals surface area contributed by atoms with Crippen LogP contribution in [0.1, 0.15) is 29.9 Å². The molecule has 4 heteroatoms. The molecule has 1 heterocycles. The third kappa shape index (κ3) is 3.06. The zero-order valence-electron chi connectivity index (χ0n) is 10.5. The first-order valence-corrected chi connectivity index (χ1v) is 5.55. The van der Waals surface area contributed by atoms with E-state index in [0.717, 1.165) is 5.82 Å². The van der Waals surface area contributed by atoms with Crippen molar-refractivity contribution in [3.05, 3.63) is 36.0 Å². The largest absolute Gasteiger partial charge is 0.478 e. The third-order valence-electron chi connectivity index (χ3n) is 2.54. The Labute approximate surface area is 102 Å². The van der Waals surface area contributed by atoms with Crippen LogP contribution in [0.5, 0.6) is 0 Å². The van der Waals surface area contributed by atoms with Gasteiger partial charge >= 0.3 is 5.97 Å². The van der Waals surface area contributed by atoms with E-state index in [4.69, 9.17) is 5.11 Å². The Kier molecular flexibility index (Phi) is 4.26. The monoisotopic (exact) mass is 234 g/mol. The quantitative estimate of drug-likeness (QED) is 0.795. The van der Waals surface area contributed by atoms with Crippen LogP contribution in [0.2, 0.25) is 0 Å². The van der Waals surface area contributed by atoms with Crippen molar-refractivity contribution < 1.29 is 9.90 Å². The van der Waals surface area contributed by atoms with Crippen LogP contribution in [0.3, 0.4) is 0 Å². The second-order valence-corrected chi connectivity index (χ2v) is 4.14. The molecule has 0 aliphatic heterocycles. The molecule has 92 valence electrons. The highest BCUT2D eigenvalue weighted by Crippen LogP contribution is 2.17. The van der Waals surface area contributed by atoms with Gasteiger partial charge in [0, 0.05) is 12.6 Å². The number of hydrogen-bond acceptors (Lipinski definition) is 3. The van der Waals surface area contributed by atoms with Crippen molar-refractivity contribution in [3.8, 4) is 0 Å². The summed E-state index contributed by atoms with van der Waals surface area (Å²) in [5.41, 5.74) is 0.778. The van der Waals surface area contributed by atoms with Gasteiger partial charge < -0.3 is 10.0 Å². The summed E-state index contributed by atoms with van der Waals surface area (Å²) in [5, 5.41) is 8.94. The van der Waals surface area contributed by atoms with E-state index in [2.05, 4.69) is 30.3 Å². The van der Waals surface area contributed by atoms with E-state index in [1.165, 1.54) is 0 Å². The van der Waals surface area contributed by atoms with Crippen molar-refractivity contribution in [1.29, 1.82) is 0 Å². The van der Waals surface area contributed by atoms with Crippen molar-refractivity contribution >= 4 is 11.8 Å². The second-order valence-electron chi connectivity index (χ2n) is 4.14. The van der Waals surface area contributed by atoms with Crippen molar-refractivity contribution in [2.45, 2.75) is 26.8 Å². The number of aromatic nitrogens is 1. The third-order valence-corrected chi connectivity index (χ3v) is 2.54. The molecule has 1 aromatic rings. The Balaban J connectivity index is 3.10. The Morgan fingerprint density at radius 2 is 2.24 bits per heavy atom. The average Bonchev–Trinajstić information content (AvgIpc) is 2.24. The van der Waals surface area contributed by atoms with Crippen LogP contribution in [-0.4, -0.2) is 28.6 Å². The molecule has 0 bridgehead atoms. The molecule has 0 spiro atoms. The molecule has 0 unspecified atom stereocenters. The zero-order chi connectivity index (χ0) is 13.0. The fourth-order valence-corrected chi connectivity index (χ4v) is 1.64. The molecule has 1 rings (SSSR count). The molecule has 0 aromatic carbocycles. The lowest BCUT2D eigenvalue weighted by Gasteiger charge is -2.26. The molecular weight excluding hydrogens is 216 g/mol. The van der Waals surface area contributed by atoms with Crippen molar-refractivity contribution in [2.75, 3.05) is 11.4 Å². The van der Waals surface area contributed by atoms with Gasteiger partial charge in [0.2, 0.25) is 0 Å². The molecule has 0 aliphatic carbocycles. The maximum atomic E-state index is 10.9. The fraction of sp³-hybridized carbons (Fsp3) is 0.385. The number of rotatable bonds is 5. The number of anilines is 1. The normalized spacial score (nSPS) is 10.4. The van der Waals surface area contributed by atoms with Crippen molar-refractivity contribution in [3.63, 3.8) is 0 Å². The number of pyridine rings is 1. The molecule has 0 amide bonds. The van der Waals surface area contributed by atoms with Gasteiger partial charge in [0.15, 0.2) is 0 Å². The molecule has 0 aliphatic rings.